The van der Waals surface area contributed by atoms with Crippen molar-refractivity contribution < 1.29 is 4.79 Å². The second kappa shape index (κ2) is 9.32. The highest BCUT2D eigenvalue weighted by Gasteiger charge is 2.06. The molecule has 0 aliphatic carbocycles. The zero-order chi connectivity index (χ0) is 18.2. The minimum Gasteiger partial charge on any atom is -0.267 e. The number of hydrazone groups is 1. The standard InChI is InChI=1S/C19H24N4OS/c1-5-6-13(2)22-23-18(24)17-9-7-16(8-10-17)12-25-19-20-14(3)11-15(4)21-19/h7-11H,5-6,12H2,1-4H3,(H,23,24)/b22-13-. The van der Waals surface area contributed by atoms with Gasteiger partial charge in [0.15, 0.2) is 5.16 Å². The second-order valence-electron chi connectivity index (χ2n) is 5.96. The van der Waals surface area contributed by atoms with Gasteiger partial charge in [-0.25, -0.2) is 15.4 Å². The Morgan fingerprint density at radius 3 is 2.40 bits per heavy atom. The predicted octanol–water partition coefficient (Wildman–Crippen LogP) is 4.29. The van der Waals surface area contributed by atoms with Gasteiger partial charge in [0.25, 0.3) is 5.91 Å². The molecule has 1 aromatic carbocycles. The number of carbonyl (C=O) groups excluding carboxylic acids is 1. The van der Waals surface area contributed by atoms with E-state index in [0.29, 0.717) is 5.56 Å². The first-order valence-corrected chi connectivity index (χ1v) is 9.34. The molecule has 0 unspecified atom stereocenters. The molecule has 0 aliphatic rings. The molecule has 0 aliphatic heterocycles. The van der Waals surface area contributed by atoms with Crippen LogP contribution in [-0.4, -0.2) is 21.6 Å². The van der Waals surface area contributed by atoms with Crippen LogP contribution in [0.5, 0.6) is 0 Å². The van der Waals surface area contributed by atoms with Crippen LogP contribution in [0, 0.1) is 13.8 Å². The first kappa shape index (κ1) is 19.1. The molecule has 0 saturated carbocycles. The van der Waals surface area contributed by atoms with Crippen LogP contribution in [0.3, 0.4) is 0 Å². The van der Waals surface area contributed by atoms with Crippen molar-refractivity contribution in [2.75, 3.05) is 0 Å². The van der Waals surface area contributed by atoms with Gasteiger partial charge in [-0.05, 0) is 51.0 Å². The minimum absolute atomic E-state index is 0.188. The van der Waals surface area contributed by atoms with Crippen LogP contribution >= 0.6 is 11.8 Å². The molecule has 0 spiro atoms. The molecule has 25 heavy (non-hydrogen) atoms. The van der Waals surface area contributed by atoms with E-state index in [2.05, 4.69) is 27.4 Å². The van der Waals surface area contributed by atoms with Crippen molar-refractivity contribution >= 4 is 23.4 Å². The highest BCUT2D eigenvalue weighted by molar-refractivity contribution is 7.98. The molecule has 0 bridgehead atoms. The molecule has 2 aromatic rings. The summed E-state index contributed by atoms with van der Waals surface area (Å²) in [5.74, 6) is 0.575. The maximum absolute atomic E-state index is 12.1. The Morgan fingerprint density at radius 1 is 1.16 bits per heavy atom. The topological polar surface area (TPSA) is 67.2 Å². The van der Waals surface area contributed by atoms with Gasteiger partial charge in [-0.15, -0.1) is 0 Å². The summed E-state index contributed by atoms with van der Waals surface area (Å²) >= 11 is 1.59. The summed E-state index contributed by atoms with van der Waals surface area (Å²) < 4.78 is 0. The summed E-state index contributed by atoms with van der Waals surface area (Å²) in [7, 11) is 0. The normalized spacial score (nSPS) is 11.4. The van der Waals surface area contributed by atoms with Crippen molar-refractivity contribution in [1.29, 1.82) is 0 Å². The molecule has 5 nitrogen and oxygen atoms in total. The summed E-state index contributed by atoms with van der Waals surface area (Å²) in [6.45, 7) is 7.94. The molecule has 0 radical (unpaired) electrons. The van der Waals surface area contributed by atoms with Gasteiger partial charge < -0.3 is 0 Å². The fourth-order valence-corrected chi connectivity index (χ4v) is 3.19. The molecular weight excluding hydrogens is 332 g/mol. The van der Waals surface area contributed by atoms with Gasteiger partial charge in [-0.3, -0.25) is 4.79 Å². The highest BCUT2D eigenvalue weighted by Crippen LogP contribution is 2.20. The lowest BCUT2D eigenvalue weighted by Gasteiger charge is -2.05. The van der Waals surface area contributed by atoms with Crippen LogP contribution in [0.2, 0.25) is 0 Å². The fraction of sp³-hybridized carbons (Fsp3) is 0.368. The minimum atomic E-state index is -0.188. The van der Waals surface area contributed by atoms with E-state index in [1.807, 2.05) is 51.1 Å². The second-order valence-corrected chi connectivity index (χ2v) is 6.90. The van der Waals surface area contributed by atoms with Crippen molar-refractivity contribution in [2.24, 2.45) is 5.10 Å². The smallest absolute Gasteiger partial charge is 0.267 e. The first-order chi connectivity index (χ1) is 12.0. The van der Waals surface area contributed by atoms with Crippen LogP contribution in [-0.2, 0) is 5.75 Å². The molecule has 0 atom stereocenters. The molecule has 0 saturated heterocycles. The average molecular weight is 356 g/mol. The van der Waals surface area contributed by atoms with Crippen molar-refractivity contribution in [1.82, 2.24) is 15.4 Å². The largest absolute Gasteiger partial charge is 0.271 e. The van der Waals surface area contributed by atoms with E-state index in [0.717, 1.165) is 46.4 Å². The van der Waals surface area contributed by atoms with Gasteiger partial charge in [-0.2, -0.15) is 5.10 Å². The molecule has 6 heteroatoms. The van der Waals surface area contributed by atoms with Crippen molar-refractivity contribution in [3.63, 3.8) is 0 Å². The number of rotatable bonds is 7. The van der Waals surface area contributed by atoms with Crippen LogP contribution in [0.4, 0.5) is 0 Å². The van der Waals surface area contributed by atoms with Crippen molar-refractivity contribution in [3.8, 4) is 0 Å². The van der Waals surface area contributed by atoms with Gasteiger partial charge in [0.1, 0.15) is 0 Å². The first-order valence-electron chi connectivity index (χ1n) is 8.35. The molecular formula is C19H24N4OS. The van der Waals surface area contributed by atoms with Crippen molar-refractivity contribution in [2.45, 2.75) is 51.4 Å². The summed E-state index contributed by atoms with van der Waals surface area (Å²) in [5.41, 5.74) is 7.19. The number of amides is 1. The molecule has 132 valence electrons. The highest BCUT2D eigenvalue weighted by atomic mass is 32.2. The summed E-state index contributed by atoms with van der Waals surface area (Å²) in [6, 6.07) is 9.50. The lowest BCUT2D eigenvalue weighted by molar-refractivity contribution is 0.0954. The Balaban J connectivity index is 1.93. The van der Waals surface area contributed by atoms with Gasteiger partial charge in [0.2, 0.25) is 0 Å². The Labute approximate surface area is 153 Å². The summed E-state index contributed by atoms with van der Waals surface area (Å²) in [5, 5.41) is 4.88. The maximum atomic E-state index is 12.1. The number of aryl methyl sites for hydroxylation is 2. The lowest BCUT2D eigenvalue weighted by Crippen LogP contribution is -2.18. The molecule has 1 N–H and O–H groups in total. The predicted molar refractivity (Wildman–Crippen MR) is 103 cm³/mol. The number of hydrogen-bond donors (Lipinski definition) is 1. The number of hydrogen-bond acceptors (Lipinski definition) is 5. The van der Waals surface area contributed by atoms with Gasteiger partial charge in [0.05, 0.1) is 0 Å². The van der Waals surface area contributed by atoms with E-state index >= 15 is 0 Å². The zero-order valence-electron chi connectivity index (χ0n) is 15.2. The third-order valence-corrected chi connectivity index (χ3v) is 4.42. The lowest BCUT2D eigenvalue weighted by atomic mass is 10.1. The third kappa shape index (κ3) is 6.31. The van der Waals surface area contributed by atoms with Crippen LogP contribution in [0.1, 0.15) is 54.0 Å². The van der Waals surface area contributed by atoms with Crippen LogP contribution in [0.15, 0.2) is 40.6 Å². The molecule has 2 rings (SSSR count). The van der Waals surface area contributed by atoms with Crippen LogP contribution < -0.4 is 5.43 Å². The number of thioether (sulfide) groups is 1. The van der Waals surface area contributed by atoms with E-state index < -0.39 is 0 Å². The van der Waals surface area contributed by atoms with Crippen LogP contribution in [0.25, 0.3) is 0 Å². The maximum Gasteiger partial charge on any atom is 0.271 e. The molecule has 1 heterocycles. The SMILES string of the molecule is CCC/C(C)=N\NC(=O)c1ccc(CSc2nc(C)cc(C)n2)cc1. The summed E-state index contributed by atoms with van der Waals surface area (Å²) in [6.07, 6.45) is 1.90. The number of nitrogens with zero attached hydrogens (tertiary/aromatic N) is 3. The Bertz CT molecular complexity index is 736. The van der Waals surface area contributed by atoms with E-state index in [-0.39, 0.29) is 5.91 Å². The number of nitrogens with one attached hydrogen (secondary N) is 1. The van der Waals surface area contributed by atoms with E-state index in [4.69, 9.17) is 0 Å². The van der Waals surface area contributed by atoms with Crippen molar-refractivity contribution in [3.05, 3.63) is 52.8 Å². The van der Waals surface area contributed by atoms with E-state index in [1.54, 1.807) is 11.8 Å². The number of benzene rings is 1. The number of aromatic nitrogens is 2. The zero-order valence-corrected chi connectivity index (χ0v) is 16.0. The summed E-state index contributed by atoms with van der Waals surface area (Å²) in [4.78, 5) is 20.9. The molecule has 1 aromatic heterocycles. The van der Waals surface area contributed by atoms with E-state index in [1.165, 1.54) is 0 Å². The van der Waals surface area contributed by atoms with Gasteiger partial charge in [0, 0.05) is 28.4 Å². The number of carbonyl (C=O) groups is 1. The fourth-order valence-electron chi connectivity index (χ4n) is 2.29. The van der Waals surface area contributed by atoms with Gasteiger partial charge in [-0.1, -0.05) is 37.2 Å². The third-order valence-electron chi connectivity index (χ3n) is 3.51. The van der Waals surface area contributed by atoms with E-state index in [9.17, 15) is 4.79 Å². The Morgan fingerprint density at radius 2 is 1.80 bits per heavy atom. The average Bonchev–Trinajstić information content (AvgIpc) is 2.58. The molecule has 1 amide bonds. The van der Waals surface area contributed by atoms with Gasteiger partial charge >= 0.3 is 0 Å². The monoisotopic (exact) mass is 356 g/mol. The Hall–Kier alpha value is -2.21. The molecule has 0 fully saturated rings. The quantitative estimate of drug-likeness (QED) is 0.348. The Kier molecular flexibility index (Phi) is 7.13.